The first-order valence-electron chi connectivity index (χ1n) is 6.41. The summed E-state index contributed by atoms with van der Waals surface area (Å²) < 4.78 is 0. The van der Waals surface area contributed by atoms with E-state index in [-0.39, 0.29) is 0 Å². The van der Waals surface area contributed by atoms with Crippen LogP contribution in [0.4, 0.5) is 5.82 Å². The maximum Gasteiger partial charge on any atom is 0.146 e. The van der Waals surface area contributed by atoms with Crippen molar-refractivity contribution in [1.29, 1.82) is 5.26 Å². The highest BCUT2D eigenvalue weighted by atomic mass is 15.2. The molecule has 1 atom stereocenters. The molecule has 1 saturated heterocycles. The standard InChI is InChI=1S/C14H20N4/c1-11-6-7-12(9-15)14(16-11)18(3)13-5-4-8-17(2)10-13/h6-7,13H,4-5,8,10H2,1-3H3. The van der Waals surface area contributed by atoms with E-state index in [4.69, 9.17) is 0 Å². The van der Waals surface area contributed by atoms with E-state index in [0.717, 1.165) is 24.6 Å². The third kappa shape index (κ3) is 2.62. The molecule has 96 valence electrons. The summed E-state index contributed by atoms with van der Waals surface area (Å²) in [6, 6.07) is 6.44. The van der Waals surface area contributed by atoms with E-state index in [9.17, 15) is 5.26 Å². The second-order valence-corrected chi connectivity index (χ2v) is 5.10. The van der Waals surface area contributed by atoms with Gasteiger partial charge < -0.3 is 9.80 Å². The minimum Gasteiger partial charge on any atom is -0.354 e. The fraction of sp³-hybridized carbons (Fsp3) is 0.571. The average Bonchev–Trinajstić information content (AvgIpc) is 2.38. The van der Waals surface area contributed by atoms with Crippen LogP contribution >= 0.6 is 0 Å². The fourth-order valence-electron chi connectivity index (χ4n) is 2.53. The number of nitrogens with zero attached hydrogens (tertiary/aromatic N) is 4. The van der Waals surface area contributed by atoms with Gasteiger partial charge in [-0.2, -0.15) is 5.26 Å². The van der Waals surface area contributed by atoms with Gasteiger partial charge in [0.25, 0.3) is 0 Å². The molecule has 1 aromatic heterocycles. The molecule has 1 aromatic rings. The predicted molar refractivity (Wildman–Crippen MR) is 72.6 cm³/mol. The van der Waals surface area contributed by atoms with E-state index in [1.165, 1.54) is 12.8 Å². The lowest BCUT2D eigenvalue weighted by Crippen LogP contribution is -2.45. The zero-order valence-corrected chi connectivity index (χ0v) is 11.3. The Morgan fingerprint density at radius 2 is 2.28 bits per heavy atom. The van der Waals surface area contributed by atoms with Crippen LogP contribution in [0, 0.1) is 18.3 Å². The van der Waals surface area contributed by atoms with E-state index in [0.29, 0.717) is 11.6 Å². The molecule has 1 unspecified atom stereocenters. The fourth-order valence-corrected chi connectivity index (χ4v) is 2.53. The number of hydrogen-bond donors (Lipinski definition) is 0. The number of piperidine rings is 1. The molecule has 4 nitrogen and oxygen atoms in total. The second kappa shape index (κ2) is 5.36. The molecular formula is C14H20N4. The maximum absolute atomic E-state index is 9.18. The van der Waals surface area contributed by atoms with Crippen molar-refractivity contribution in [2.24, 2.45) is 0 Å². The molecule has 0 aliphatic carbocycles. The molecule has 1 aliphatic rings. The smallest absolute Gasteiger partial charge is 0.146 e. The number of hydrogen-bond acceptors (Lipinski definition) is 4. The molecule has 0 bridgehead atoms. The molecule has 4 heteroatoms. The van der Waals surface area contributed by atoms with Gasteiger partial charge in [0.05, 0.1) is 5.56 Å². The molecule has 0 aromatic carbocycles. The molecule has 0 saturated carbocycles. The first-order valence-corrected chi connectivity index (χ1v) is 6.41. The predicted octanol–water partition coefficient (Wildman–Crippen LogP) is 1.79. The minimum atomic E-state index is 0.449. The summed E-state index contributed by atoms with van der Waals surface area (Å²) in [5.74, 6) is 0.817. The Bertz CT molecular complexity index is 463. The van der Waals surface area contributed by atoms with E-state index in [1.807, 2.05) is 26.1 Å². The summed E-state index contributed by atoms with van der Waals surface area (Å²) in [4.78, 5) is 9.04. The lowest BCUT2D eigenvalue weighted by atomic mass is 10.0. The molecule has 2 rings (SSSR count). The SMILES string of the molecule is Cc1ccc(C#N)c(N(C)C2CCCN(C)C2)n1. The van der Waals surface area contributed by atoms with Crippen LogP contribution < -0.4 is 4.90 Å². The number of pyridine rings is 1. The van der Waals surface area contributed by atoms with Gasteiger partial charge >= 0.3 is 0 Å². The zero-order valence-electron chi connectivity index (χ0n) is 11.3. The Morgan fingerprint density at radius 3 is 2.94 bits per heavy atom. The minimum absolute atomic E-state index is 0.449. The van der Waals surface area contributed by atoms with Crippen molar-refractivity contribution >= 4 is 5.82 Å². The number of aromatic nitrogens is 1. The van der Waals surface area contributed by atoms with Gasteiger partial charge in [-0.15, -0.1) is 0 Å². The van der Waals surface area contributed by atoms with Crippen LogP contribution in [0.3, 0.4) is 0 Å². The van der Waals surface area contributed by atoms with Crippen LogP contribution in [-0.4, -0.2) is 43.1 Å². The molecule has 2 heterocycles. The number of rotatable bonds is 2. The van der Waals surface area contributed by atoms with Gasteiger partial charge in [0.15, 0.2) is 0 Å². The Morgan fingerprint density at radius 1 is 1.50 bits per heavy atom. The van der Waals surface area contributed by atoms with Gasteiger partial charge in [0.2, 0.25) is 0 Å². The maximum atomic E-state index is 9.18. The van der Waals surface area contributed by atoms with Gasteiger partial charge in [-0.3, -0.25) is 0 Å². The molecule has 1 fully saturated rings. The first kappa shape index (κ1) is 12.8. The largest absolute Gasteiger partial charge is 0.354 e. The van der Waals surface area contributed by atoms with Crippen LogP contribution in [0.25, 0.3) is 0 Å². The molecular weight excluding hydrogens is 224 g/mol. The average molecular weight is 244 g/mol. The number of aryl methyl sites for hydroxylation is 1. The van der Waals surface area contributed by atoms with Gasteiger partial charge in [0, 0.05) is 25.3 Å². The Labute approximate surface area is 109 Å². The third-order valence-electron chi connectivity index (χ3n) is 3.62. The number of likely N-dealkylation sites (N-methyl/N-ethyl adjacent to an activating group) is 2. The third-order valence-corrected chi connectivity index (χ3v) is 3.62. The van der Waals surface area contributed by atoms with Crippen molar-refractivity contribution in [3.05, 3.63) is 23.4 Å². The Kier molecular flexibility index (Phi) is 3.83. The Balaban J connectivity index is 2.25. The topological polar surface area (TPSA) is 43.2 Å². The van der Waals surface area contributed by atoms with Gasteiger partial charge in [-0.1, -0.05) is 0 Å². The summed E-state index contributed by atoms with van der Waals surface area (Å²) in [7, 11) is 4.20. The van der Waals surface area contributed by atoms with E-state index in [2.05, 4.69) is 27.9 Å². The first-order chi connectivity index (χ1) is 8.61. The molecule has 18 heavy (non-hydrogen) atoms. The summed E-state index contributed by atoms with van der Waals surface area (Å²) in [6.07, 6.45) is 2.38. The number of anilines is 1. The van der Waals surface area contributed by atoms with Crippen molar-refractivity contribution in [3.63, 3.8) is 0 Å². The van der Waals surface area contributed by atoms with Crippen molar-refractivity contribution < 1.29 is 0 Å². The lowest BCUT2D eigenvalue weighted by Gasteiger charge is -2.36. The summed E-state index contributed by atoms with van der Waals surface area (Å²) in [5.41, 5.74) is 1.62. The van der Waals surface area contributed by atoms with Crippen LogP contribution in [0.1, 0.15) is 24.1 Å². The quantitative estimate of drug-likeness (QED) is 0.795. The van der Waals surface area contributed by atoms with E-state index in [1.54, 1.807) is 0 Å². The van der Waals surface area contributed by atoms with Crippen LogP contribution in [0.15, 0.2) is 12.1 Å². The van der Waals surface area contributed by atoms with Crippen molar-refractivity contribution in [2.75, 3.05) is 32.1 Å². The molecule has 0 amide bonds. The van der Waals surface area contributed by atoms with Gasteiger partial charge in [-0.05, 0) is 45.5 Å². The van der Waals surface area contributed by atoms with Crippen molar-refractivity contribution in [1.82, 2.24) is 9.88 Å². The molecule has 0 N–H and O–H groups in total. The Hall–Kier alpha value is -1.60. The summed E-state index contributed by atoms with van der Waals surface area (Å²) in [6.45, 7) is 4.17. The highest BCUT2D eigenvalue weighted by Crippen LogP contribution is 2.22. The number of nitriles is 1. The summed E-state index contributed by atoms with van der Waals surface area (Å²) >= 11 is 0. The van der Waals surface area contributed by atoms with Crippen LogP contribution in [0.2, 0.25) is 0 Å². The number of likely N-dealkylation sites (tertiary alicyclic amines) is 1. The highest BCUT2D eigenvalue weighted by Gasteiger charge is 2.23. The normalized spacial score (nSPS) is 20.4. The van der Waals surface area contributed by atoms with Gasteiger partial charge in [0.1, 0.15) is 11.9 Å². The van der Waals surface area contributed by atoms with Gasteiger partial charge in [-0.25, -0.2) is 4.98 Å². The molecule has 1 aliphatic heterocycles. The zero-order chi connectivity index (χ0) is 13.1. The van der Waals surface area contributed by atoms with Crippen molar-refractivity contribution in [3.8, 4) is 6.07 Å². The van der Waals surface area contributed by atoms with Crippen LogP contribution in [0.5, 0.6) is 0 Å². The van der Waals surface area contributed by atoms with Crippen molar-refractivity contribution in [2.45, 2.75) is 25.8 Å². The molecule has 0 radical (unpaired) electrons. The van der Waals surface area contributed by atoms with E-state index < -0.39 is 0 Å². The monoisotopic (exact) mass is 244 g/mol. The van der Waals surface area contributed by atoms with E-state index >= 15 is 0 Å². The highest BCUT2D eigenvalue weighted by molar-refractivity contribution is 5.54. The second-order valence-electron chi connectivity index (χ2n) is 5.10. The lowest BCUT2D eigenvalue weighted by molar-refractivity contribution is 0.247. The summed E-state index contributed by atoms with van der Waals surface area (Å²) in [5, 5.41) is 9.18. The molecule has 0 spiro atoms. The van der Waals surface area contributed by atoms with Crippen LogP contribution in [-0.2, 0) is 0 Å².